The highest BCUT2D eigenvalue weighted by atomic mass is 16.6. The van der Waals surface area contributed by atoms with E-state index in [0.717, 1.165) is 12.8 Å². The molecule has 1 fully saturated rings. The number of amides is 2. The van der Waals surface area contributed by atoms with Crippen LogP contribution in [0, 0.1) is 17.0 Å². The van der Waals surface area contributed by atoms with Gasteiger partial charge in [0.05, 0.1) is 11.0 Å². The number of esters is 1. The fraction of sp³-hybridized carbons (Fsp3) is 0.471. The summed E-state index contributed by atoms with van der Waals surface area (Å²) in [5, 5.41) is 15.7. The Bertz CT molecular complexity index is 729. The lowest BCUT2D eigenvalue weighted by molar-refractivity contribution is -0.385. The van der Waals surface area contributed by atoms with E-state index >= 15 is 0 Å². The topological polar surface area (TPSA) is 137 Å². The molecule has 1 aromatic carbocycles. The van der Waals surface area contributed by atoms with Crippen LogP contribution in [0.3, 0.4) is 0 Å². The normalized spacial score (nSPS) is 15.8. The Morgan fingerprint density at radius 3 is 2.74 bits per heavy atom. The molecule has 1 atom stereocenters. The van der Waals surface area contributed by atoms with Crippen molar-refractivity contribution in [2.24, 2.45) is 0 Å². The Morgan fingerprint density at radius 1 is 1.33 bits per heavy atom. The van der Waals surface area contributed by atoms with Gasteiger partial charge in [-0.25, -0.2) is 0 Å². The summed E-state index contributed by atoms with van der Waals surface area (Å²) in [5.41, 5.74) is 0.415. The van der Waals surface area contributed by atoms with Crippen LogP contribution in [0.15, 0.2) is 18.2 Å². The molecule has 146 valence electrons. The first-order valence-corrected chi connectivity index (χ1v) is 8.44. The van der Waals surface area contributed by atoms with Crippen LogP contribution >= 0.6 is 0 Å². The number of benzene rings is 1. The predicted molar refractivity (Wildman–Crippen MR) is 93.1 cm³/mol. The lowest BCUT2D eigenvalue weighted by Crippen LogP contribution is -2.36. The summed E-state index contributed by atoms with van der Waals surface area (Å²) in [5.74, 6) is -1.79. The zero-order valence-corrected chi connectivity index (χ0v) is 14.9. The molecule has 1 heterocycles. The van der Waals surface area contributed by atoms with E-state index in [1.807, 2.05) is 0 Å². The number of carbonyl (C=O) groups is 3. The molecule has 1 aliphatic heterocycles. The second kappa shape index (κ2) is 9.62. The highest BCUT2D eigenvalue weighted by molar-refractivity contribution is 5.96. The quantitative estimate of drug-likeness (QED) is 0.380. The zero-order chi connectivity index (χ0) is 19.8. The van der Waals surface area contributed by atoms with Gasteiger partial charge < -0.3 is 20.1 Å². The molecule has 2 amide bonds. The maximum Gasteiger partial charge on any atom is 0.325 e. The van der Waals surface area contributed by atoms with Gasteiger partial charge in [0.15, 0.2) is 6.61 Å². The molecule has 10 heteroatoms. The van der Waals surface area contributed by atoms with Crippen LogP contribution in [0.1, 0.15) is 28.8 Å². The molecule has 2 rings (SSSR count). The number of nitro groups is 1. The van der Waals surface area contributed by atoms with Crippen molar-refractivity contribution in [3.63, 3.8) is 0 Å². The van der Waals surface area contributed by atoms with E-state index in [1.165, 1.54) is 25.1 Å². The molecule has 0 aliphatic carbocycles. The number of hydrogen-bond donors (Lipinski definition) is 2. The second-order valence-corrected chi connectivity index (χ2v) is 6.04. The molecule has 0 spiro atoms. The Morgan fingerprint density at radius 2 is 2.11 bits per heavy atom. The second-order valence-electron chi connectivity index (χ2n) is 6.04. The molecule has 27 heavy (non-hydrogen) atoms. The van der Waals surface area contributed by atoms with Crippen molar-refractivity contribution in [3.8, 4) is 0 Å². The molecular formula is C17H21N3O7. The van der Waals surface area contributed by atoms with Gasteiger partial charge in [-0.1, -0.05) is 0 Å². The largest absolute Gasteiger partial charge is 0.454 e. The minimum absolute atomic E-state index is 0.00547. The monoisotopic (exact) mass is 379 g/mol. The standard InChI is InChI=1S/C17H21N3O7/c1-11-7-12(4-5-14(11)20(24)25)17(23)19-9-16(22)27-10-15(21)18-8-13-3-2-6-26-13/h4-5,7,13H,2-3,6,8-10H2,1H3,(H,18,21)(H,19,23)/t13-/m1/s1. The van der Waals surface area contributed by atoms with Crippen molar-refractivity contribution >= 4 is 23.5 Å². The number of rotatable bonds is 8. The third-order valence-corrected chi connectivity index (χ3v) is 3.96. The Kier molecular flexibility index (Phi) is 7.24. The summed E-state index contributed by atoms with van der Waals surface area (Å²) in [6.07, 6.45) is 1.84. The van der Waals surface area contributed by atoms with Gasteiger partial charge in [-0.05, 0) is 31.9 Å². The van der Waals surface area contributed by atoms with Gasteiger partial charge in [0.1, 0.15) is 6.54 Å². The van der Waals surface area contributed by atoms with Gasteiger partial charge in [-0.3, -0.25) is 24.5 Å². The van der Waals surface area contributed by atoms with E-state index in [-0.39, 0.29) is 17.4 Å². The average molecular weight is 379 g/mol. The molecule has 0 unspecified atom stereocenters. The van der Waals surface area contributed by atoms with Crippen LogP contribution in [-0.2, 0) is 19.1 Å². The van der Waals surface area contributed by atoms with Crippen molar-refractivity contribution in [1.82, 2.24) is 10.6 Å². The predicted octanol–water partition coefficient (Wildman–Crippen LogP) is 0.471. The smallest absolute Gasteiger partial charge is 0.325 e. The third-order valence-electron chi connectivity index (χ3n) is 3.96. The van der Waals surface area contributed by atoms with Crippen LogP contribution in [0.2, 0.25) is 0 Å². The van der Waals surface area contributed by atoms with E-state index in [0.29, 0.717) is 18.7 Å². The summed E-state index contributed by atoms with van der Waals surface area (Å²) in [6, 6.07) is 3.88. The van der Waals surface area contributed by atoms with Crippen molar-refractivity contribution in [2.75, 3.05) is 26.3 Å². The molecule has 2 N–H and O–H groups in total. The minimum atomic E-state index is -0.769. The van der Waals surface area contributed by atoms with E-state index < -0.39 is 35.9 Å². The number of ether oxygens (including phenoxy) is 2. The van der Waals surface area contributed by atoms with Gasteiger partial charge in [0.25, 0.3) is 17.5 Å². The maximum absolute atomic E-state index is 12.0. The summed E-state index contributed by atoms with van der Waals surface area (Å²) >= 11 is 0. The minimum Gasteiger partial charge on any atom is -0.454 e. The van der Waals surface area contributed by atoms with Crippen LogP contribution in [0.5, 0.6) is 0 Å². The fourth-order valence-corrected chi connectivity index (χ4v) is 2.54. The SMILES string of the molecule is Cc1cc(C(=O)NCC(=O)OCC(=O)NC[C@H]2CCCO2)ccc1[N+](=O)[O-]. The highest BCUT2D eigenvalue weighted by Crippen LogP contribution is 2.18. The molecular weight excluding hydrogens is 358 g/mol. The summed E-state index contributed by atoms with van der Waals surface area (Å²) in [6.45, 7) is 1.69. The number of nitro benzene ring substituents is 1. The molecule has 1 saturated heterocycles. The van der Waals surface area contributed by atoms with Crippen molar-refractivity contribution in [3.05, 3.63) is 39.4 Å². The first-order chi connectivity index (χ1) is 12.9. The molecule has 0 aromatic heterocycles. The van der Waals surface area contributed by atoms with Gasteiger partial charge in [0.2, 0.25) is 0 Å². The van der Waals surface area contributed by atoms with Gasteiger partial charge >= 0.3 is 5.97 Å². The van der Waals surface area contributed by atoms with Crippen molar-refractivity contribution in [2.45, 2.75) is 25.9 Å². The van der Waals surface area contributed by atoms with Gasteiger partial charge in [0, 0.05) is 30.3 Å². The lowest BCUT2D eigenvalue weighted by atomic mass is 10.1. The van der Waals surface area contributed by atoms with Crippen molar-refractivity contribution in [1.29, 1.82) is 0 Å². The van der Waals surface area contributed by atoms with Crippen LogP contribution in [0.4, 0.5) is 5.69 Å². The van der Waals surface area contributed by atoms with Gasteiger partial charge in [-0.2, -0.15) is 0 Å². The lowest BCUT2D eigenvalue weighted by Gasteiger charge is -2.11. The van der Waals surface area contributed by atoms with Crippen LogP contribution in [0.25, 0.3) is 0 Å². The first-order valence-electron chi connectivity index (χ1n) is 8.44. The Balaban J connectivity index is 1.69. The molecule has 1 aromatic rings. The third kappa shape index (κ3) is 6.33. The highest BCUT2D eigenvalue weighted by Gasteiger charge is 2.17. The zero-order valence-electron chi connectivity index (χ0n) is 14.9. The number of carbonyl (C=O) groups excluding carboxylic acids is 3. The van der Waals surface area contributed by atoms with E-state index in [1.54, 1.807) is 0 Å². The number of hydrogen-bond acceptors (Lipinski definition) is 7. The van der Waals surface area contributed by atoms with Crippen molar-refractivity contribution < 1.29 is 28.8 Å². The summed E-state index contributed by atoms with van der Waals surface area (Å²) in [7, 11) is 0. The number of nitrogens with one attached hydrogen (secondary N) is 2. The Labute approximate surface area is 155 Å². The Hall–Kier alpha value is -3.01. The summed E-state index contributed by atoms with van der Waals surface area (Å²) in [4.78, 5) is 45.4. The van der Waals surface area contributed by atoms with E-state index in [2.05, 4.69) is 10.6 Å². The molecule has 1 aliphatic rings. The number of nitrogens with zero attached hydrogens (tertiary/aromatic N) is 1. The van der Waals surface area contributed by atoms with Crippen LogP contribution < -0.4 is 10.6 Å². The van der Waals surface area contributed by atoms with E-state index in [9.17, 15) is 24.5 Å². The molecule has 0 radical (unpaired) electrons. The number of aryl methyl sites for hydroxylation is 1. The van der Waals surface area contributed by atoms with Gasteiger partial charge in [-0.15, -0.1) is 0 Å². The summed E-state index contributed by atoms with van der Waals surface area (Å²) < 4.78 is 10.1. The fourth-order valence-electron chi connectivity index (χ4n) is 2.54. The first kappa shape index (κ1) is 20.3. The van der Waals surface area contributed by atoms with E-state index in [4.69, 9.17) is 9.47 Å². The maximum atomic E-state index is 12.0. The molecule has 0 saturated carbocycles. The molecule has 0 bridgehead atoms. The molecule has 10 nitrogen and oxygen atoms in total. The van der Waals surface area contributed by atoms with Crippen LogP contribution in [-0.4, -0.2) is 55.1 Å². The average Bonchev–Trinajstić information content (AvgIpc) is 3.15.